The van der Waals surface area contributed by atoms with Crippen molar-refractivity contribution in [1.82, 2.24) is 20.8 Å². The molecule has 0 bridgehead atoms. The number of hydrogen-bond donors (Lipinski definition) is 2. The van der Waals surface area contributed by atoms with Gasteiger partial charge in [-0.2, -0.15) is 18.2 Å². The molecule has 0 radical (unpaired) electrons. The van der Waals surface area contributed by atoms with Gasteiger partial charge in [0.1, 0.15) is 28.7 Å². The van der Waals surface area contributed by atoms with Gasteiger partial charge >= 0.3 is 6.18 Å². The van der Waals surface area contributed by atoms with Gasteiger partial charge in [-0.05, 0) is 61.9 Å². The first-order valence-corrected chi connectivity index (χ1v) is 13.4. The van der Waals surface area contributed by atoms with Crippen molar-refractivity contribution >= 4 is 22.8 Å². The molecule has 0 saturated carbocycles. The molecule has 2 amide bonds. The van der Waals surface area contributed by atoms with Crippen LogP contribution in [0, 0.1) is 5.82 Å². The summed E-state index contributed by atoms with van der Waals surface area (Å²) in [5.74, 6) is -1.45. The number of carbonyl (C=O) groups excluding carboxylic acids is 2. The summed E-state index contributed by atoms with van der Waals surface area (Å²) in [5, 5.41) is 9.35. The second-order valence-corrected chi connectivity index (χ2v) is 10.4. The summed E-state index contributed by atoms with van der Waals surface area (Å²) >= 11 is 0. The summed E-state index contributed by atoms with van der Waals surface area (Å²) in [6, 6.07) is 12.3. The fourth-order valence-electron chi connectivity index (χ4n) is 4.69. The number of alkyl halides is 3. The monoisotopic (exact) mass is 626 g/mol. The maximum absolute atomic E-state index is 13.6. The Morgan fingerprint density at radius 3 is 2.29 bits per heavy atom. The highest BCUT2D eigenvalue weighted by Gasteiger charge is 2.32. The molecule has 14 heteroatoms. The largest absolute Gasteiger partial charge is 0.496 e. The van der Waals surface area contributed by atoms with Gasteiger partial charge < -0.3 is 29.0 Å². The lowest BCUT2D eigenvalue weighted by molar-refractivity contribution is -0.153. The van der Waals surface area contributed by atoms with E-state index in [0.717, 1.165) is 6.39 Å². The number of rotatable bonds is 9. The summed E-state index contributed by atoms with van der Waals surface area (Å²) in [5.41, 5.74) is -0.168. The molecular formula is C31H26F4N4O6. The van der Waals surface area contributed by atoms with E-state index < -0.39 is 36.0 Å². The topological polar surface area (TPSA) is 129 Å². The van der Waals surface area contributed by atoms with Crippen LogP contribution in [0.4, 0.5) is 17.6 Å². The van der Waals surface area contributed by atoms with Crippen LogP contribution in [0.5, 0.6) is 11.5 Å². The van der Waals surface area contributed by atoms with E-state index in [9.17, 15) is 27.2 Å². The molecule has 0 unspecified atom stereocenters. The molecule has 0 aliphatic heterocycles. The minimum atomic E-state index is -4.67. The third-order valence-corrected chi connectivity index (χ3v) is 6.84. The van der Waals surface area contributed by atoms with Crippen molar-refractivity contribution in [2.45, 2.75) is 25.6 Å². The molecule has 0 saturated heterocycles. The predicted octanol–water partition coefficient (Wildman–Crippen LogP) is 6.26. The number of hydrogen-bond acceptors (Lipinski definition) is 8. The number of methoxy groups -OCH3 is 1. The smallest absolute Gasteiger partial charge is 0.422 e. The zero-order valence-electron chi connectivity index (χ0n) is 24.3. The Kier molecular flexibility index (Phi) is 8.24. The van der Waals surface area contributed by atoms with Crippen molar-refractivity contribution in [2.75, 3.05) is 20.8 Å². The number of halogens is 4. The molecule has 2 heterocycles. The number of furan rings is 1. The summed E-state index contributed by atoms with van der Waals surface area (Å²) in [6.07, 6.45) is -3.55. The van der Waals surface area contributed by atoms with Gasteiger partial charge in [0.2, 0.25) is 6.39 Å². The summed E-state index contributed by atoms with van der Waals surface area (Å²) in [7, 11) is 2.76. The van der Waals surface area contributed by atoms with E-state index in [1.54, 1.807) is 13.8 Å². The molecule has 0 spiro atoms. The number of aromatic nitrogens is 2. The zero-order chi connectivity index (χ0) is 32.5. The van der Waals surface area contributed by atoms with Crippen molar-refractivity contribution in [1.29, 1.82) is 0 Å². The van der Waals surface area contributed by atoms with E-state index in [1.165, 1.54) is 68.8 Å². The molecule has 5 aromatic rings. The minimum Gasteiger partial charge on any atom is -0.496 e. The number of carbonyl (C=O) groups is 2. The van der Waals surface area contributed by atoms with Crippen LogP contribution in [0.3, 0.4) is 0 Å². The molecule has 45 heavy (non-hydrogen) atoms. The SMILES string of the molecule is CNC(=O)c1c(-c2ccc(F)cc2)oc2cc(OCC(F)(F)F)c(-c3ccc(OC)c(C(=O)NC(C)(C)c4ncon4)c3)cc12. The third kappa shape index (κ3) is 6.44. The van der Waals surface area contributed by atoms with Crippen molar-refractivity contribution < 1.29 is 45.6 Å². The molecular weight excluding hydrogens is 600 g/mol. The average molecular weight is 627 g/mol. The first kappa shape index (κ1) is 31.0. The fraction of sp³-hybridized carbons (Fsp3) is 0.226. The first-order valence-electron chi connectivity index (χ1n) is 13.4. The lowest BCUT2D eigenvalue weighted by Gasteiger charge is -2.23. The number of nitrogens with zero attached hydrogens (tertiary/aromatic N) is 2. The molecule has 10 nitrogen and oxygen atoms in total. The Morgan fingerprint density at radius 2 is 1.67 bits per heavy atom. The Hall–Kier alpha value is -5.40. The van der Waals surface area contributed by atoms with Gasteiger partial charge in [-0.15, -0.1) is 0 Å². The average Bonchev–Trinajstić information content (AvgIpc) is 3.68. The van der Waals surface area contributed by atoms with E-state index in [2.05, 4.69) is 20.8 Å². The van der Waals surface area contributed by atoms with Crippen LogP contribution in [0.1, 0.15) is 40.4 Å². The quantitative estimate of drug-likeness (QED) is 0.184. The molecule has 234 valence electrons. The standard InChI is InChI=1S/C31H26F4N4O6/c1-30(2,29-37-15-44-39-29)38-27(40)21-11-17(7-10-22(21)42-4)19-12-20-24(13-23(19)43-14-31(33,34)35)45-26(25(20)28(41)36-3)16-5-8-18(32)9-6-16/h5-13,15H,14H2,1-4H3,(H,36,41)(H,38,40). The van der Waals surface area contributed by atoms with E-state index >= 15 is 0 Å². The van der Waals surface area contributed by atoms with Crippen molar-refractivity contribution in [3.8, 4) is 33.9 Å². The number of ether oxygens (including phenoxy) is 2. The Bertz CT molecular complexity index is 1870. The molecule has 0 fully saturated rings. The maximum Gasteiger partial charge on any atom is 0.422 e. The summed E-state index contributed by atoms with van der Waals surface area (Å²) in [6.45, 7) is 1.68. The highest BCUT2D eigenvalue weighted by molar-refractivity contribution is 6.12. The van der Waals surface area contributed by atoms with Crippen LogP contribution in [-0.2, 0) is 5.54 Å². The van der Waals surface area contributed by atoms with Crippen LogP contribution in [-0.4, -0.2) is 48.9 Å². The molecule has 5 rings (SSSR count). The Balaban J connectivity index is 1.68. The Labute approximate surface area is 253 Å². The second-order valence-electron chi connectivity index (χ2n) is 10.4. The second kappa shape index (κ2) is 11.9. The van der Waals surface area contributed by atoms with Crippen LogP contribution >= 0.6 is 0 Å². The highest BCUT2D eigenvalue weighted by atomic mass is 19.4. The van der Waals surface area contributed by atoms with Crippen LogP contribution < -0.4 is 20.1 Å². The van der Waals surface area contributed by atoms with Crippen molar-refractivity contribution in [3.63, 3.8) is 0 Å². The summed E-state index contributed by atoms with van der Waals surface area (Å²) < 4.78 is 74.9. The van der Waals surface area contributed by atoms with E-state index in [-0.39, 0.29) is 56.3 Å². The zero-order valence-corrected chi connectivity index (χ0v) is 24.3. The van der Waals surface area contributed by atoms with E-state index in [1.807, 2.05) is 0 Å². The van der Waals surface area contributed by atoms with E-state index in [4.69, 9.17) is 18.4 Å². The van der Waals surface area contributed by atoms with Gasteiger partial charge in [0.05, 0.1) is 23.8 Å². The lowest BCUT2D eigenvalue weighted by atomic mass is 9.97. The predicted molar refractivity (Wildman–Crippen MR) is 153 cm³/mol. The fourth-order valence-corrected chi connectivity index (χ4v) is 4.69. The van der Waals surface area contributed by atoms with Gasteiger partial charge in [0, 0.05) is 29.6 Å². The van der Waals surface area contributed by atoms with Gasteiger partial charge in [-0.1, -0.05) is 11.2 Å². The van der Waals surface area contributed by atoms with Gasteiger partial charge in [-0.25, -0.2) is 4.39 Å². The minimum absolute atomic E-state index is 0.0409. The number of benzene rings is 3. The third-order valence-electron chi connectivity index (χ3n) is 6.84. The van der Waals surface area contributed by atoms with Crippen molar-refractivity contribution in [2.24, 2.45) is 0 Å². The first-order chi connectivity index (χ1) is 21.3. The van der Waals surface area contributed by atoms with Gasteiger partial charge in [0.15, 0.2) is 12.4 Å². The molecule has 0 atom stereocenters. The van der Waals surface area contributed by atoms with Crippen LogP contribution in [0.2, 0.25) is 0 Å². The number of fused-ring (bicyclic) bond motifs is 1. The van der Waals surface area contributed by atoms with E-state index in [0.29, 0.717) is 5.56 Å². The maximum atomic E-state index is 13.6. The molecule has 0 aliphatic rings. The molecule has 3 aromatic carbocycles. The van der Waals surface area contributed by atoms with Crippen LogP contribution in [0.25, 0.3) is 33.4 Å². The van der Waals surface area contributed by atoms with Crippen LogP contribution in [0.15, 0.2) is 69.9 Å². The summed E-state index contributed by atoms with van der Waals surface area (Å²) in [4.78, 5) is 30.6. The lowest BCUT2D eigenvalue weighted by Crippen LogP contribution is -2.42. The normalized spacial score (nSPS) is 11.8. The molecule has 2 aromatic heterocycles. The molecule has 0 aliphatic carbocycles. The Morgan fingerprint density at radius 1 is 0.956 bits per heavy atom. The highest BCUT2D eigenvalue weighted by Crippen LogP contribution is 2.42. The number of amides is 2. The van der Waals surface area contributed by atoms with Gasteiger partial charge in [-0.3, -0.25) is 9.59 Å². The number of nitrogens with one attached hydrogen (secondary N) is 2. The van der Waals surface area contributed by atoms with Gasteiger partial charge in [0.25, 0.3) is 11.8 Å². The molecule has 2 N–H and O–H groups in total. The van der Waals surface area contributed by atoms with Crippen molar-refractivity contribution in [3.05, 3.63) is 83.8 Å².